The summed E-state index contributed by atoms with van der Waals surface area (Å²) < 4.78 is 0. The van der Waals surface area contributed by atoms with Gasteiger partial charge in [-0.1, -0.05) is 48.5 Å². The van der Waals surface area contributed by atoms with Crippen molar-refractivity contribution in [3.05, 3.63) is 54.6 Å². The highest BCUT2D eigenvalue weighted by molar-refractivity contribution is 6.25. The molecule has 3 heteroatoms. The minimum absolute atomic E-state index is 0.626. The molecule has 0 unspecified atom stereocenters. The molecule has 108 valence electrons. The van der Waals surface area contributed by atoms with Crippen LogP contribution in [0.4, 0.5) is 5.69 Å². The highest BCUT2D eigenvalue weighted by Crippen LogP contribution is 2.37. The summed E-state index contributed by atoms with van der Waals surface area (Å²) in [6.45, 7) is 1.65. The van der Waals surface area contributed by atoms with Crippen molar-refractivity contribution in [2.24, 2.45) is 0 Å². The Bertz CT molecular complexity index is 990. The third-order valence-corrected chi connectivity index (χ3v) is 4.27. The van der Waals surface area contributed by atoms with Crippen LogP contribution in [0.5, 0.6) is 0 Å². The maximum absolute atomic E-state index is 11.1. The molecule has 0 spiro atoms. The molecule has 0 bridgehead atoms. The zero-order valence-electron chi connectivity index (χ0n) is 12.1. The summed E-state index contributed by atoms with van der Waals surface area (Å²) in [7, 11) is 0. The van der Waals surface area contributed by atoms with E-state index in [0.717, 1.165) is 11.1 Å². The highest BCUT2D eigenvalue weighted by Gasteiger charge is 2.14. The molecule has 0 aliphatic carbocycles. The van der Waals surface area contributed by atoms with E-state index in [9.17, 15) is 4.79 Å². The second-order valence-electron chi connectivity index (χ2n) is 5.67. The van der Waals surface area contributed by atoms with Crippen LogP contribution in [0.25, 0.3) is 32.3 Å². The molecule has 3 nitrogen and oxygen atoms in total. The molecule has 4 aromatic carbocycles. The van der Waals surface area contributed by atoms with Crippen LogP contribution < -0.4 is 5.32 Å². The summed E-state index contributed by atoms with van der Waals surface area (Å²) in [5.41, 5.74) is 0.862. The van der Waals surface area contributed by atoms with Gasteiger partial charge in [-0.2, -0.15) is 0 Å². The normalized spacial score (nSPS) is 13.0. The Labute approximate surface area is 127 Å². The van der Waals surface area contributed by atoms with E-state index in [0.29, 0.717) is 0 Å². The fraction of sp³-hybridized carbons (Fsp3) is 0.105. The van der Waals surface area contributed by atoms with Crippen molar-refractivity contribution in [2.45, 2.75) is 13.0 Å². The number of nitrogens with one attached hydrogen (secondary N) is 1. The topological polar surface area (TPSA) is 49.3 Å². The lowest BCUT2D eigenvalue weighted by atomic mass is 9.93. The first-order valence-corrected chi connectivity index (χ1v) is 7.31. The van der Waals surface area contributed by atoms with Gasteiger partial charge in [-0.3, -0.25) is 4.79 Å². The molecule has 0 aromatic heterocycles. The molecule has 0 heterocycles. The summed E-state index contributed by atoms with van der Waals surface area (Å²) in [6, 6.07) is 18.1. The summed E-state index contributed by atoms with van der Waals surface area (Å²) in [5, 5.41) is 19.3. The molecule has 2 N–H and O–H groups in total. The van der Waals surface area contributed by atoms with E-state index >= 15 is 0 Å². The SMILES string of the molecule is C[C@H](Nc1ccc2ccc3cccc4ccc1c2c34)C(=O)O. The standard InChI is InChI=1S/C19H15NO2/c1-11(19(21)22)20-16-10-8-14-6-5-12-3-2-4-13-7-9-15(16)18(14)17(12)13/h2-11,20H,1H3,(H,21,22)/t11-/m0/s1. The van der Waals surface area contributed by atoms with Crippen molar-refractivity contribution >= 4 is 44.0 Å². The Morgan fingerprint density at radius 3 is 2.18 bits per heavy atom. The van der Waals surface area contributed by atoms with Gasteiger partial charge in [0.2, 0.25) is 0 Å². The number of carboxylic acids is 1. The number of rotatable bonds is 3. The van der Waals surface area contributed by atoms with Gasteiger partial charge in [0.25, 0.3) is 0 Å². The van der Waals surface area contributed by atoms with Gasteiger partial charge in [-0.05, 0) is 39.9 Å². The average Bonchev–Trinajstić information content (AvgIpc) is 2.53. The average molecular weight is 289 g/mol. The van der Waals surface area contributed by atoms with Crippen molar-refractivity contribution in [3.8, 4) is 0 Å². The van der Waals surface area contributed by atoms with Crippen molar-refractivity contribution < 1.29 is 9.90 Å². The predicted molar refractivity (Wildman–Crippen MR) is 90.9 cm³/mol. The fourth-order valence-electron chi connectivity index (χ4n) is 3.16. The predicted octanol–water partition coefficient (Wildman–Crippen LogP) is 4.47. The Morgan fingerprint density at radius 2 is 1.50 bits per heavy atom. The third-order valence-electron chi connectivity index (χ3n) is 4.27. The number of anilines is 1. The Balaban J connectivity index is 2.06. The van der Waals surface area contributed by atoms with Crippen molar-refractivity contribution in [1.82, 2.24) is 0 Å². The quantitative estimate of drug-likeness (QED) is 0.547. The molecule has 0 fully saturated rings. The van der Waals surface area contributed by atoms with E-state index in [1.165, 1.54) is 26.9 Å². The van der Waals surface area contributed by atoms with Gasteiger partial charge < -0.3 is 10.4 Å². The molecule has 1 atom stereocenters. The van der Waals surface area contributed by atoms with Crippen LogP contribution in [0.1, 0.15) is 6.92 Å². The van der Waals surface area contributed by atoms with Crippen molar-refractivity contribution in [3.63, 3.8) is 0 Å². The fourth-order valence-corrected chi connectivity index (χ4v) is 3.16. The lowest BCUT2D eigenvalue weighted by molar-refractivity contribution is -0.137. The molecule has 0 amide bonds. The summed E-state index contributed by atoms with van der Waals surface area (Å²) in [5.74, 6) is -0.856. The molecular weight excluding hydrogens is 274 g/mol. The van der Waals surface area contributed by atoms with E-state index in [-0.39, 0.29) is 0 Å². The number of hydrogen-bond acceptors (Lipinski definition) is 2. The van der Waals surface area contributed by atoms with Gasteiger partial charge in [0.15, 0.2) is 0 Å². The zero-order valence-corrected chi connectivity index (χ0v) is 12.1. The number of hydrogen-bond donors (Lipinski definition) is 2. The van der Waals surface area contributed by atoms with Crippen LogP contribution in [0.2, 0.25) is 0 Å². The molecule has 0 saturated heterocycles. The first-order valence-electron chi connectivity index (χ1n) is 7.31. The Morgan fingerprint density at radius 1 is 0.909 bits per heavy atom. The second kappa shape index (κ2) is 4.60. The van der Waals surface area contributed by atoms with Crippen LogP contribution >= 0.6 is 0 Å². The maximum Gasteiger partial charge on any atom is 0.325 e. The van der Waals surface area contributed by atoms with E-state index in [2.05, 4.69) is 47.8 Å². The Hall–Kier alpha value is -2.81. The minimum atomic E-state index is -0.856. The number of carboxylic acid groups (broad SMARTS) is 1. The third kappa shape index (κ3) is 1.79. The lowest BCUT2D eigenvalue weighted by Crippen LogP contribution is -2.25. The van der Waals surface area contributed by atoms with Crippen LogP contribution in [-0.2, 0) is 4.79 Å². The lowest BCUT2D eigenvalue weighted by Gasteiger charge is -2.16. The first kappa shape index (κ1) is 12.9. The van der Waals surface area contributed by atoms with Gasteiger partial charge in [0, 0.05) is 11.1 Å². The van der Waals surface area contributed by atoms with E-state index in [1.54, 1.807) is 6.92 Å². The minimum Gasteiger partial charge on any atom is -0.480 e. The van der Waals surface area contributed by atoms with E-state index in [1.807, 2.05) is 12.1 Å². The smallest absolute Gasteiger partial charge is 0.325 e. The molecule has 4 rings (SSSR count). The number of benzene rings is 4. The van der Waals surface area contributed by atoms with Crippen LogP contribution in [0.15, 0.2) is 54.6 Å². The second-order valence-corrected chi connectivity index (χ2v) is 5.67. The van der Waals surface area contributed by atoms with Gasteiger partial charge in [-0.25, -0.2) is 0 Å². The maximum atomic E-state index is 11.1. The van der Waals surface area contributed by atoms with Crippen molar-refractivity contribution in [2.75, 3.05) is 5.32 Å². The molecule has 22 heavy (non-hydrogen) atoms. The molecule has 0 saturated carbocycles. The largest absolute Gasteiger partial charge is 0.480 e. The molecule has 4 aromatic rings. The monoisotopic (exact) mass is 289 g/mol. The first-order chi connectivity index (χ1) is 10.6. The van der Waals surface area contributed by atoms with Gasteiger partial charge in [0.05, 0.1) is 0 Å². The summed E-state index contributed by atoms with van der Waals surface area (Å²) in [6.07, 6.45) is 0. The number of aliphatic carboxylic acids is 1. The summed E-state index contributed by atoms with van der Waals surface area (Å²) in [4.78, 5) is 11.1. The van der Waals surface area contributed by atoms with Gasteiger partial charge >= 0.3 is 5.97 Å². The van der Waals surface area contributed by atoms with Crippen molar-refractivity contribution in [1.29, 1.82) is 0 Å². The van der Waals surface area contributed by atoms with E-state index < -0.39 is 12.0 Å². The van der Waals surface area contributed by atoms with E-state index in [4.69, 9.17) is 5.11 Å². The Kier molecular flexibility index (Phi) is 2.70. The van der Waals surface area contributed by atoms with Crippen LogP contribution in [0.3, 0.4) is 0 Å². The molecular formula is C19H15NO2. The van der Waals surface area contributed by atoms with Crippen LogP contribution in [0, 0.1) is 0 Å². The van der Waals surface area contributed by atoms with Crippen LogP contribution in [-0.4, -0.2) is 17.1 Å². The zero-order chi connectivity index (χ0) is 15.3. The molecule has 0 radical (unpaired) electrons. The summed E-state index contributed by atoms with van der Waals surface area (Å²) >= 11 is 0. The van der Waals surface area contributed by atoms with Gasteiger partial charge in [-0.15, -0.1) is 0 Å². The number of carbonyl (C=O) groups is 1. The molecule has 0 aliphatic rings. The highest BCUT2D eigenvalue weighted by atomic mass is 16.4. The van der Waals surface area contributed by atoms with Gasteiger partial charge in [0.1, 0.15) is 6.04 Å². The molecule has 0 aliphatic heterocycles.